The summed E-state index contributed by atoms with van der Waals surface area (Å²) in [7, 11) is 0. The van der Waals surface area contributed by atoms with Crippen molar-refractivity contribution in [1.29, 1.82) is 0 Å². The minimum Gasteiger partial charge on any atom is -0.317 e. The quantitative estimate of drug-likeness (QED) is 0.623. The Balaban J connectivity index is 1.77. The second-order valence-electron chi connectivity index (χ2n) is 7.07. The van der Waals surface area contributed by atoms with Crippen molar-refractivity contribution >= 4 is 0 Å². The molecule has 3 heteroatoms. The van der Waals surface area contributed by atoms with Crippen LogP contribution in [0.5, 0.6) is 0 Å². The Morgan fingerprint density at radius 2 is 1.55 bits per heavy atom. The molecule has 0 aromatic carbocycles. The van der Waals surface area contributed by atoms with Gasteiger partial charge in [-0.1, -0.05) is 39.5 Å². The highest BCUT2D eigenvalue weighted by Crippen LogP contribution is 2.41. The van der Waals surface area contributed by atoms with Gasteiger partial charge in [0.2, 0.25) is 0 Å². The lowest BCUT2D eigenvalue weighted by molar-refractivity contribution is -0.301. The maximum atomic E-state index is 14.2. The lowest BCUT2D eigenvalue weighted by atomic mass is 9.82. The van der Waals surface area contributed by atoms with Crippen LogP contribution in [0.2, 0.25) is 0 Å². The predicted octanol–water partition coefficient (Wildman–Crippen LogP) is 5.78. The minimum atomic E-state index is -2.90. The highest BCUT2D eigenvalue weighted by molar-refractivity contribution is 4.79. The van der Waals surface area contributed by atoms with Gasteiger partial charge in [0.05, 0.1) is 12.0 Å². The predicted molar refractivity (Wildman–Crippen MR) is 77.8 cm³/mol. The van der Waals surface area contributed by atoms with Crippen LogP contribution in [-0.2, 0) is 4.74 Å². The second-order valence-corrected chi connectivity index (χ2v) is 7.07. The van der Waals surface area contributed by atoms with Crippen LogP contribution in [0.1, 0.15) is 78.1 Å². The maximum Gasteiger partial charge on any atom is 0.358 e. The molecule has 2 aliphatic rings. The molecule has 0 bridgehead atoms. The molecule has 20 heavy (non-hydrogen) atoms. The van der Waals surface area contributed by atoms with Crippen molar-refractivity contribution in [3.8, 4) is 0 Å². The van der Waals surface area contributed by atoms with Crippen molar-refractivity contribution < 1.29 is 13.5 Å². The van der Waals surface area contributed by atoms with Crippen LogP contribution in [0.15, 0.2) is 0 Å². The van der Waals surface area contributed by atoms with E-state index in [0.29, 0.717) is 18.8 Å². The van der Waals surface area contributed by atoms with Crippen LogP contribution in [0, 0.1) is 17.8 Å². The van der Waals surface area contributed by atoms with Crippen LogP contribution in [0.4, 0.5) is 8.78 Å². The fourth-order valence-corrected chi connectivity index (χ4v) is 3.86. The van der Waals surface area contributed by atoms with Gasteiger partial charge in [0.1, 0.15) is 0 Å². The summed E-state index contributed by atoms with van der Waals surface area (Å²) in [6, 6.07) is 0. The molecule has 0 saturated heterocycles. The molecular formula is C17H30F2O. The lowest BCUT2D eigenvalue weighted by Crippen LogP contribution is -2.38. The topological polar surface area (TPSA) is 9.23 Å². The average molecular weight is 288 g/mol. The van der Waals surface area contributed by atoms with Crippen molar-refractivity contribution in [2.75, 3.05) is 0 Å². The summed E-state index contributed by atoms with van der Waals surface area (Å²) in [4.78, 5) is 0. The van der Waals surface area contributed by atoms with E-state index in [-0.39, 0.29) is 6.10 Å². The van der Waals surface area contributed by atoms with Gasteiger partial charge in [-0.25, -0.2) is 0 Å². The Morgan fingerprint density at radius 3 is 2.10 bits per heavy atom. The molecule has 2 aliphatic carbocycles. The zero-order chi connectivity index (χ0) is 14.6. The molecule has 2 fully saturated rings. The minimum absolute atomic E-state index is 0.211. The van der Waals surface area contributed by atoms with Gasteiger partial charge in [0, 0.05) is 0 Å². The molecular weight excluding hydrogens is 258 g/mol. The van der Waals surface area contributed by atoms with Crippen LogP contribution >= 0.6 is 0 Å². The third kappa shape index (κ3) is 4.41. The van der Waals surface area contributed by atoms with E-state index < -0.39 is 12.0 Å². The van der Waals surface area contributed by atoms with Gasteiger partial charge in [0.15, 0.2) is 0 Å². The second kappa shape index (κ2) is 7.20. The van der Waals surface area contributed by atoms with Crippen LogP contribution in [0.3, 0.4) is 0 Å². The van der Waals surface area contributed by atoms with E-state index >= 15 is 0 Å². The molecule has 0 aromatic heterocycles. The zero-order valence-electron chi connectivity index (χ0n) is 13.0. The molecule has 0 aromatic rings. The van der Waals surface area contributed by atoms with Gasteiger partial charge >= 0.3 is 6.11 Å². The van der Waals surface area contributed by atoms with E-state index in [0.717, 1.165) is 44.4 Å². The largest absolute Gasteiger partial charge is 0.358 e. The Labute approximate surface area is 122 Å². The molecule has 0 heterocycles. The molecule has 2 saturated carbocycles. The number of alkyl halides is 2. The van der Waals surface area contributed by atoms with E-state index in [1.165, 1.54) is 12.8 Å². The van der Waals surface area contributed by atoms with Crippen molar-refractivity contribution in [3.05, 3.63) is 0 Å². The van der Waals surface area contributed by atoms with Gasteiger partial charge in [-0.2, -0.15) is 8.78 Å². The molecule has 0 N–H and O–H groups in total. The zero-order valence-corrected chi connectivity index (χ0v) is 13.0. The highest BCUT2D eigenvalue weighted by atomic mass is 19.3. The molecule has 2 rings (SSSR count). The monoisotopic (exact) mass is 288 g/mol. The van der Waals surface area contributed by atoms with Gasteiger partial charge < -0.3 is 4.74 Å². The maximum absolute atomic E-state index is 14.2. The normalized spacial score (nSPS) is 36.0. The van der Waals surface area contributed by atoms with E-state index in [9.17, 15) is 8.78 Å². The first-order chi connectivity index (χ1) is 9.51. The van der Waals surface area contributed by atoms with Crippen LogP contribution in [0.25, 0.3) is 0 Å². The molecule has 0 atom stereocenters. The van der Waals surface area contributed by atoms with E-state index in [2.05, 4.69) is 13.8 Å². The van der Waals surface area contributed by atoms with E-state index in [1.54, 1.807) is 0 Å². The smallest absolute Gasteiger partial charge is 0.317 e. The van der Waals surface area contributed by atoms with E-state index in [4.69, 9.17) is 4.74 Å². The summed E-state index contributed by atoms with van der Waals surface area (Å²) < 4.78 is 33.7. The summed E-state index contributed by atoms with van der Waals surface area (Å²) in [6.07, 6.45) is 6.20. The van der Waals surface area contributed by atoms with Gasteiger partial charge in [-0.15, -0.1) is 0 Å². The first-order valence-electron chi connectivity index (χ1n) is 8.57. The average Bonchev–Trinajstić information content (AvgIpc) is 2.41. The number of ether oxygens (including phenoxy) is 1. The number of rotatable bonds is 5. The highest BCUT2D eigenvalue weighted by Gasteiger charge is 2.44. The van der Waals surface area contributed by atoms with Crippen molar-refractivity contribution in [1.82, 2.24) is 0 Å². The molecule has 0 radical (unpaired) electrons. The van der Waals surface area contributed by atoms with Crippen molar-refractivity contribution in [2.24, 2.45) is 17.8 Å². The van der Waals surface area contributed by atoms with Crippen molar-refractivity contribution in [2.45, 2.75) is 90.3 Å². The SMILES string of the molecule is CCCC1CCC(OC(F)(F)C2CCC(C)CC2)CC1. The first-order valence-corrected chi connectivity index (χ1v) is 8.57. The van der Waals surface area contributed by atoms with Gasteiger partial charge in [-0.05, 0) is 50.4 Å². The van der Waals surface area contributed by atoms with Crippen LogP contribution in [-0.4, -0.2) is 12.2 Å². The third-order valence-corrected chi connectivity index (χ3v) is 5.31. The van der Waals surface area contributed by atoms with Crippen molar-refractivity contribution in [3.63, 3.8) is 0 Å². The molecule has 0 aliphatic heterocycles. The van der Waals surface area contributed by atoms with E-state index in [1.807, 2.05) is 0 Å². The Bertz CT molecular complexity index is 277. The molecule has 0 unspecified atom stereocenters. The number of halogens is 2. The lowest BCUT2D eigenvalue weighted by Gasteiger charge is -2.36. The van der Waals surface area contributed by atoms with Gasteiger partial charge in [-0.3, -0.25) is 0 Å². The van der Waals surface area contributed by atoms with Crippen LogP contribution < -0.4 is 0 Å². The summed E-state index contributed by atoms with van der Waals surface area (Å²) in [5.74, 6) is 0.794. The summed E-state index contributed by atoms with van der Waals surface area (Å²) in [5.41, 5.74) is 0. The first kappa shape index (κ1) is 16.2. The molecule has 0 amide bonds. The third-order valence-electron chi connectivity index (χ3n) is 5.31. The Morgan fingerprint density at radius 1 is 0.950 bits per heavy atom. The molecule has 0 spiro atoms. The number of hydrogen-bond donors (Lipinski definition) is 0. The Hall–Kier alpha value is -0.180. The fraction of sp³-hybridized carbons (Fsp3) is 1.00. The number of hydrogen-bond acceptors (Lipinski definition) is 1. The standard InChI is InChI=1S/C17H30F2O/c1-3-4-14-7-11-16(12-8-14)20-17(18,19)15-9-5-13(2)6-10-15/h13-16H,3-12H2,1-2H3. The summed E-state index contributed by atoms with van der Waals surface area (Å²) in [5, 5.41) is 0. The molecule has 1 nitrogen and oxygen atoms in total. The summed E-state index contributed by atoms with van der Waals surface area (Å²) in [6.45, 7) is 4.35. The molecule has 118 valence electrons. The summed E-state index contributed by atoms with van der Waals surface area (Å²) >= 11 is 0. The fourth-order valence-electron chi connectivity index (χ4n) is 3.86. The van der Waals surface area contributed by atoms with Gasteiger partial charge in [0.25, 0.3) is 0 Å². The Kier molecular flexibility index (Phi) is 5.83.